The fourth-order valence-electron chi connectivity index (χ4n) is 4.32. The van der Waals surface area contributed by atoms with Crippen molar-refractivity contribution in [1.29, 1.82) is 0 Å². The van der Waals surface area contributed by atoms with Crippen LogP contribution in [-0.2, 0) is 11.3 Å². The van der Waals surface area contributed by atoms with Crippen molar-refractivity contribution in [2.45, 2.75) is 44.3 Å². The fourth-order valence-corrected chi connectivity index (χ4v) is 4.99. The molecule has 0 atom stereocenters. The SMILES string of the molecule is O=C1NC(=O)/C(=C\c2ccnc(NC3CCC(NCc4ccc(F)cc4-c4ccco4)CC3)n2)S1. The summed E-state index contributed by atoms with van der Waals surface area (Å²) in [5.74, 6) is 0.467. The number of thioether (sulfide) groups is 1. The lowest BCUT2D eigenvalue weighted by Gasteiger charge is -2.30. The average Bonchev–Trinajstić information content (AvgIpc) is 3.49. The third kappa shape index (κ3) is 5.77. The zero-order valence-electron chi connectivity index (χ0n) is 18.8. The number of halogens is 1. The number of rotatable bonds is 7. The maximum atomic E-state index is 13.8. The number of hydrogen-bond acceptors (Lipinski definition) is 8. The Balaban J connectivity index is 1.14. The maximum Gasteiger partial charge on any atom is 0.290 e. The van der Waals surface area contributed by atoms with Gasteiger partial charge in [0, 0.05) is 30.4 Å². The van der Waals surface area contributed by atoms with Crippen molar-refractivity contribution in [2.24, 2.45) is 0 Å². The third-order valence-electron chi connectivity index (χ3n) is 6.10. The highest BCUT2D eigenvalue weighted by Crippen LogP contribution is 2.27. The molecule has 1 saturated carbocycles. The Bertz CT molecular complexity index is 1260. The summed E-state index contributed by atoms with van der Waals surface area (Å²) >= 11 is 0.864. The molecule has 0 radical (unpaired) electrons. The Morgan fingerprint density at radius 2 is 1.97 bits per heavy atom. The molecule has 10 heteroatoms. The first-order chi connectivity index (χ1) is 17.0. The van der Waals surface area contributed by atoms with Crippen LogP contribution in [0.25, 0.3) is 17.4 Å². The molecule has 0 spiro atoms. The largest absolute Gasteiger partial charge is 0.464 e. The number of anilines is 1. The summed E-state index contributed by atoms with van der Waals surface area (Å²) in [7, 11) is 0. The van der Waals surface area contributed by atoms with Gasteiger partial charge in [-0.05, 0) is 79.4 Å². The lowest BCUT2D eigenvalue weighted by atomic mass is 9.91. The fraction of sp³-hybridized carbons (Fsp3) is 0.280. The van der Waals surface area contributed by atoms with E-state index in [1.165, 1.54) is 12.1 Å². The van der Waals surface area contributed by atoms with Crippen LogP contribution in [-0.4, -0.2) is 33.2 Å². The Morgan fingerprint density at radius 1 is 1.14 bits per heavy atom. The van der Waals surface area contributed by atoms with Gasteiger partial charge in [-0.1, -0.05) is 6.07 Å². The molecule has 5 rings (SSSR count). The molecule has 3 N–H and O–H groups in total. The predicted molar refractivity (Wildman–Crippen MR) is 132 cm³/mol. The number of nitrogens with zero attached hydrogens (tertiary/aromatic N) is 2. The highest BCUT2D eigenvalue weighted by Gasteiger charge is 2.25. The molecule has 2 amide bonds. The molecule has 35 heavy (non-hydrogen) atoms. The van der Waals surface area contributed by atoms with E-state index in [-0.39, 0.29) is 17.1 Å². The molecule has 3 heterocycles. The molecule has 2 fully saturated rings. The Labute approximate surface area is 205 Å². The number of hydrogen-bond donors (Lipinski definition) is 3. The van der Waals surface area contributed by atoms with Gasteiger partial charge in [0.2, 0.25) is 5.95 Å². The standard InChI is InChI=1S/C25H24FN5O3S/c26-16-4-3-15(20(12-16)21-2-1-11-34-21)14-28-17-5-7-18(8-6-17)29-24-27-10-9-19(30-24)13-22-23(32)31-25(33)35-22/h1-4,9-13,17-18,28H,5-8,14H2,(H,27,29,30)(H,31,32,33)/b22-13+. The van der Waals surface area contributed by atoms with Gasteiger partial charge in [-0.25, -0.2) is 14.4 Å². The van der Waals surface area contributed by atoms with Gasteiger partial charge >= 0.3 is 0 Å². The quantitative estimate of drug-likeness (QED) is 0.406. The van der Waals surface area contributed by atoms with E-state index in [9.17, 15) is 14.0 Å². The molecular weight excluding hydrogens is 469 g/mol. The summed E-state index contributed by atoms with van der Waals surface area (Å²) in [5.41, 5.74) is 2.33. The normalized spacial score (nSPS) is 21.3. The Hall–Kier alpha value is -3.50. The number of carbonyl (C=O) groups is 2. The van der Waals surface area contributed by atoms with Crippen molar-refractivity contribution in [1.82, 2.24) is 20.6 Å². The Morgan fingerprint density at radius 3 is 2.71 bits per heavy atom. The number of aromatic nitrogens is 2. The molecule has 1 aliphatic heterocycles. The molecular formula is C25H24FN5O3S. The van der Waals surface area contributed by atoms with Crippen LogP contribution in [0.2, 0.25) is 0 Å². The minimum Gasteiger partial charge on any atom is -0.464 e. The summed E-state index contributed by atoms with van der Waals surface area (Å²) in [6.07, 6.45) is 8.68. The van der Waals surface area contributed by atoms with Crippen molar-refractivity contribution in [3.8, 4) is 11.3 Å². The lowest BCUT2D eigenvalue weighted by Crippen LogP contribution is -2.37. The van der Waals surface area contributed by atoms with Gasteiger partial charge < -0.3 is 15.1 Å². The van der Waals surface area contributed by atoms with Gasteiger partial charge in [-0.3, -0.25) is 14.9 Å². The molecule has 0 unspecified atom stereocenters. The number of furan rings is 1. The molecule has 180 valence electrons. The van der Waals surface area contributed by atoms with Crippen LogP contribution >= 0.6 is 11.8 Å². The molecule has 2 aromatic heterocycles. The molecule has 1 saturated heterocycles. The first-order valence-corrected chi connectivity index (χ1v) is 12.3. The summed E-state index contributed by atoms with van der Waals surface area (Å²) in [6.45, 7) is 0.632. The van der Waals surface area contributed by atoms with Crippen molar-refractivity contribution >= 4 is 34.9 Å². The molecule has 1 aliphatic carbocycles. The van der Waals surface area contributed by atoms with Gasteiger partial charge in [0.15, 0.2) is 0 Å². The Kier molecular flexibility index (Phi) is 6.91. The molecule has 1 aromatic carbocycles. The number of amides is 2. The monoisotopic (exact) mass is 493 g/mol. The van der Waals surface area contributed by atoms with E-state index in [4.69, 9.17) is 4.42 Å². The minimum atomic E-state index is -0.407. The van der Waals surface area contributed by atoms with Crippen molar-refractivity contribution in [3.63, 3.8) is 0 Å². The summed E-state index contributed by atoms with van der Waals surface area (Å²) < 4.78 is 19.3. The van der Waals surface area contributed by atoms with Crippen molar-refractivity contribution in [2.75, 3.05) is 5.32 Å². The zero-order valence-corrected chi connectivity index (χ0v) is 19.6. The van der Waals surface area contributed by atoms with E-state index >= 15 is 0 Å². The average molecular weight is 494 g/mol. The molecule has 2 aliphatic rings. The molecule has 3 aromatic rings. The minimum absolute atomic E-state index is 0.242. The van der Waals surface area contributed by atoms with Gasteiger partial charge in [0.1, 0.15) is 11.6 Å². The first kappa shape index (κ1) is 23.3. The summed E-state index contributed by atoms with van der Waals surface area (Å²) in [6, 6.07) is 10.7. The van der Waals surface area contributed by atoms with E-state index < -0.39 is 5.91 Å². The van der Waals surface area contributed by atoms with E-state index in [2.05, 4.69) is 25.9 Å². The van der Waals surface area contributed by atoms with Crippen LogP contribution in [0, 0.1) is 5.82 Å². The lowest BCUT2D eigenvalue weighted by molar-refractivity contribution is -0.115. The summed E-state index contributed by atoms with van der Waals surface area (Å²) in [5, 5.41) is 8.85. The zero-order chi connectivity index (χ0) is 24.2. The number of benzene rings is 1. The molecule has 0 bridgehead atoms. The second-order valence-electron chi connectivity index (χ2n) is 8.51. The summed E-state index contributed by atoms with van der Waals surface area (Å²) in [4.78, 5) is 32.2. The van der Waals surface area contributed by atoms with Crippen LogP contribution in [0.5, 0.6) is 0 Å². The topological polar surface area (TPSA) is 109 Å². The van der Waals surface area contributed by atoms with Crippen molar-refractivity contribution < 1.29 is 18.4 Å². The smallest absolute Gasteiger partial charge is 0.290 e. The van der Waals surface area contributed by atoms with Crippen LogP contribution in [0.15, 0.2) is 58.2 Å². The van der Waals surface area contributed by atoms with Crippen LogP contribution < -0.4 is 16.0 Å². The maximum absolute atomic E-state index is 13.8. The van der Waals surface area contributed by atoms with Crippen molar-refractivity contribution in [3.05, 3.63) is 70.8 Å². The highest BCUT2D eigenvalue weighted by molar-refractivity contribution is 8.18. The second kappa shape index (κ2) is 10.4. The second-order valence-corrected chi connectivity index (χ2v) is 9.52. The van der Waals surface area contributed by atoms with E-state index in [1.807, 2.05) is 6.07 Å². The predicted octanol–water partition coefficient (Wildman–Crippen LogP) is 4.71. The highest BCUT2D eigenvalue weighted by atomic mass is 32.2. The number of imide groups is 1. The van der Waals surface area contributed by atoms with E-state index in [1.54, 1.807) is 36.7 Å². The van der Waals surface area contributed by atoms with Crippen LogP contribution in [0.1, 0.15) is 36.9 Å². The van der Waals surface area contributed by atoms with Gasteiger partial charge in [-0.2, -0.15) is 0 Å². The third-order valence-corrected chi connectivity index (χ3v) is 6.91. The van der Waals surface area contributed by atoms with Gasteiger partial charge in [0.25, 0.3) is 11.1 Å². The number of nitrogens with one attached hydrogen (secondary N) is 3. The van der Waals surface area contributed by atoms with E-state index in [0.29, 0.717) is 34.9 Å². The number of carbonyl (C=O) groups excluding carboxylic acids is 2. The molecule has 8 nitrogen and oxygen atoms in total. The van der Waals surface area contributed by atoms with Gasteiger partial charge in [0.05, 0.1) is 16.9 Å². The van der Waals surface area contributed by atoms with Gasteiger partial charge in [-0.15, -0.1) is 0 Å². The first-order valence-electron chi connectivity index (χ1n) is 11.4. The van der Waals surface area contributed by atoms with E-state index in [0.717, 1.165) is 48.6 Å². The van der Waals surface area contributed by atoms with Crippen LogP contribution in [0.3, 0.4) is 0 Å². The van der Waals surface area contributed by atoms with Crippen LogP contribution in [0.4, 0.5) is 15.1 Å².